The normalized spacial score (nSPS) is 32.6. The molecule has 27 heavy (non-hydrogen) atoms. The van der Waals surface area contributed by atoms with Gasteiger partial charge in [-0.05, 0) is 76.2 Å². The largest absolute Gasteiger partial charge is 0.454 e. The fourth-order valence-corrected chi connectivity index (χ4v) is 6.50. The van der Waals surface area contributed by atoms with E-state index in [4.69, 9.17) is 4.74 Å². The number of para-hydroxylation sites is 1. The highest BCUT2D eigenvalue weighted by Crippen LogP contribution is 2.60. The van der Waals surface area contributed by atoms with Crippen molar-refractivity contribution in [3.8, 4) is 0 Å². The second-order valence-electron chi connectivity index (χ2n) is 9.28. The Hall–Kier alpha value is -2.10. The Labute approximate surface area is 159 Å². The molecule has 0 saturated heterocycles. The number of Topliss-reactive ketones (excluding diaryl/α,β-unsaturated/α-hetero) is 1. The van der Waals surface area contributed by atoms with Gasteiger partial charge >= 0.3 is 5.97 Å². The molecule has 1 aromatic heterocycles. The molecule has 4 nitrogen and oxygen atoms in total. The van der Waals surface area contributed by atoms with Gasteiger partial charge < -0.3 is 9.72 Å². The molecule has 1 aromatic carbocycles. The average molecular weight is 365 g/mol. The first kappa shape index (κ1) is 17.0. The summed E-state index contributed by atoms with van der Waals surface area (Å²) in [5.41, 5.74) is 2.10. The Morgan fingerprint density at radius 1 is 1.07 bits per heavy atom. The van der Waals surface area contributed by atoms with Gasteiger partial charge in [0.05, 0.1) is 5.41 Å². The summed E-state index contributed by atoms with van der Waals surface area (Å²) < 4.78 is 5.82. The third kappa shape index (κ3) is 2.64. The smallest absolute Gasteiger partial charge is 0.312 e. The summed E-state index contributed by atoms with van der Waals surface area (Å²) in [5.74, 6) is 1.82. The van der Waals surface area contributed by atoms with Gasteiger partial charge in [-0.15, -0.1) is 0 Å². The maximum Gasteiger partial charge on any atom is 0.312 e. The lowest BCUT2D eigenvalue weighted by Crippen LogP contribution is -2.51. The molecule has 1 heterocycles. The van der Waals surface area contributed by atoms with Gasteiger partial charge in [0, 0.05) is 22.2 Å². The van der Waals surface area contributed by atoms with Crippen molar-refractivity contribution in [2.75, 3.05) is 0 Å². The Morgan fingerprint density at radius 2 is 1.67 bits per heavy atom. The van der Waals surface area contributed by atoms with Gasteiger partial charge in [-0.3, -0.25) is 9.59 Å². The molecule has 4 bridgehead atoms. The number of nitrogens with one attached hydrogen (secondary N) is 1. The second-order valence-corrected chi connectivity index (χ2v) is 9.28. The van der Waals surface area contributed by atoms with Crippen LogP contribution in [0.2, 0.25) is 0 Å². The number of fused-ring (bicyclic) bond motifs is 1. The predicted molar refractivity (Wildman–Crippen MR) is 104 cm³/mol. The van der Waals surface area contributed by atoms with E-state index < -0.39 is 6.10 Å². The number of aromatic amines is 1. The van der Waals surface area contributed by atoms with Crippen LogP contribution in [0.15, 0.2) is 24.3 Å². The number of benzene rings is 1. The first-order chi connectivity index (χ1) is 12.9. The summed E-state index contributed by atoms with van der Waals surface area (Å²) in [6.45, 7) is 3.63. The highest BCUT2D eigenvalue weighted by atomic mass is 16.5. The van der Waals surface area contributed by atoms with E-state index in [-0.39, 0.29) is 17.2 Å². The lowest BCUT2D eigenvalue weighted by Gasteiger charge is -2.55. The fraction of sp³-hybridized carbons (Fsp3) is 0.565. The number of ketones is 1. The highest BCUT2D eigenvalue weighted by Gasteiger charge is 2.55. The van der Waals surface area contributed by atoms with Crippen LogP contribution in [0.25, 0.3) is 10.9 Å². The molecule has 0 amide bonds. The SMILES string of the molecule is Cc1[nH]c2ccccc2c1C(=O)C(C)OC(=O)C12CC3CC(CC(C3)C1)C2. The molecule has 4 fully saturated rings. The maximum absolute atomic E-state index is 13.1. The summed E-state index contributed by atoms with van der Waals surface area (Å²) in [6, 6.07) is 7.78. The van der Waals surface area contributed by atoms with Crippen LogP contribution in [0.1, 0.15) is 61.5 Å². The summed E-state index contributed by atoms with van der Waals surface area (Å²) in [6.07, 6.45) is 6.00. The monoisotopic (exact) mass is 365 g/mol. The van der Waals surface area contributed by atoms with E-state index in [9.17, 15) is 9.59 Å². The van der Waals surface area contributed by atoms with Crippen LogP contribution in [0.4, 0.5) is 0 Å². The van der Waals surface area contributed by atoms with Gasteiger partial charge in [-0.1, -0.05) is 18.2 Å². The van der Waals surface area contributed by atoms with Gasteiger partial charge in [-0.25, -0.2) is 0 Å². The van der Waals surface area contributed by atoms with E-state index >= 15 is 0 Å². The zero-order valence-corrected chi connectivity index (χ0v) is 16.1. The average Bonchev–Trinajstić information content (AvgIpc) is 2.95. The van der Waals surface area contributed by atoms with Crippen LogP contribution in [-0.4, -0.2) is 22.8 Å². The minimum absolute atomic E-state index is 0.108. The number of carbonyl (C=O) groups is 2. The van der Waals surface area contributed by atoms with Crippen LogP contribution in [0.3, 0.4) is 0 Å². The zero-order valence-electron chi connectivity index (χ0n) is 16.1. The first-order valence-electron chi connectivity index (χ1n) is 10.3. The van der Waals surface area contributed by atoms with Crippen molar-refractivity contribution in [1.29, 1.82) is 0 Å². The molecule has 4 saturated carbocycles. The fourth-order valence-electron chi connectivity index (χ4n) is 6.50. The second kappa shape index (κ2) is 5.95. The molecule has 4 aliphatic carbocycles. The Morgan fingerprint density at radius 3 is 2.30 bits per heavy atom. The number of H-pyrrole nitrogens is 1. The van der Waals surface area contributed by atoms with Crippen molar-refractivity contribution in [2.45, 2.75) is 58.5 Å². The molecule has 4 aliphatic rings. The first-order valence-corrected chi connectivity index (χ1v) is 10.3. The maximum atomic E-state index is 13.1. The highest BCUT2D eigenvalue weighted by molar-refractivity contribution is 6.11. The van der Waals surface area contributed by atoms with Crippen molar-refractivity contribution in [3.63, 3.8) is 0 Å². The number of hydrogen-bond donors (Lipinski definition) is 1. The molecule has 1 N–H and O–H groups in total. The molecule has 0 aliphatic heterocycles. The molecule has 142 valence electrons. The third-order valence-electron chi connectivity index (χ3n) is 7.26. The van der Waals surface area contributed by atoms with Gasteiger partial charge in [-0.2, -0.15) is 0 Å². The number of hydrogen-bond acceptors (Lipinski definition) is 3. The number of rotatable bonds is 4. The summed E-state index contributed by atoms with van der Waals surface area (Å²) in [7, 11) is 0. The van der Waals surface area contributed by atoms with Crippen LogP contribution in [0.5, 0.6) is 0 Å². The third-order valence-corrected chi connectivity index (χ3v) is 7.26. The van der Waals surface area contributed by atoms with E-state index in [1.807, 2.05) is 31.2 Å². The number of esters is 1. The minimum Gasteiger partial charge on any atom is -0.454 e. The lowest BCUT2D eigenvalue weighted by molar-refractivity contribution is -0.174. The summed E-state index contributed by atoms with van der Waals surface area (Å²) >= 11 is 0. The molecule has 1 unspecified atom stereocenters. The van der Waals surface area contributed by atoms with Crippen molar-refractivity contribution in [2.24, 2.45) is 23.2 Å². The van der Waals surface area contributed by atoms with Crippen LogP contribution >= 0.6 is 0 Å². The van der Waals surface area contributed by atoms with E-state index in [0.717, 1.165) is 35.9 Å². The number of carbonyl (C=O) groups excluding carboxylic acids is 2. The Balaban J connectivity index is 1.37. The molecule has 1 atom stereocenters. The van der Waals surface area contributed by atoms with E-state index in [1.165, 1.54) is 19.3 Å². The van der Waals surface area contributed by atoms with Gasteiger partial charge in [0.1, 0.15) is 0 Å². The number of aromatic nitrogens is 1. The van der Waals surface area contributed by atoms with E-state index in [2.05, 4.69) is 4.98 Å². The molecule has 0 radical (unpaired) electrons. The lowest BCUT2D eigenvalue weighted by atomic mass is 9.49. The molecular weight excluding hydrogens is 338 g/mol. The van der Waals surface area contributed by atoms with Crippen LogP contribution < -0.4 is 0 Å². The van der Waals surface area contributed by atoms with Crippen molar-refractivity contribution in [3.05, 3.63) is 35.5 Å². The van der Waals surface area contributed by atoms with Gasteiger partial charge in [0.2, 0.25) is 5.78 Å². The minimum atomic E-state index is -0.747. The number of ether oxygens (including phenoxy) is 1. The predicted octanol–water partition coefficient (Wildman–Crippen LogP) is 4.81. The molecule has 6 rings (SSSR count). The zero-order chi connectivity index (χ0) is 18.8. The molecular formula is C23H27NO3. The quantitative estimate of drug-likeness (QED) is 0.625. The molecule has 0 spiro atoms. The Kier molecular flexibility index (Phi) is 3.75. The van der Waals surface area contributed by atoms with E-state index in [1.54, 1.807) is 6.92 Å². The molecule has 4 heteroatoms. The van der Waals surface area contributed by atoms with E-state index in [0.29, 0.717) is 23.3 Å². The summed E-state index contributed by atoms with van der Waals surface area (Å²) in [4.78, 5) is 29.5. The standard InChI is InChI=1S/C23H27NO3/c1-13-20(18-5-3-4-6-19(18)24-13)21(25)14(2)27-22(26)23-10-15-7-16(11-23)9-17(8-15)12-23/h3-6,14-17,24H,7-12H2,1-2H3. The van der Waals surface area contributed by atoms with Gasteiger partial charge in [0.25, 0.3) is 0 Å². The van der Waals surface area contributed by atoms with Crippen LogP contribution in [0, 0.1) is 30.1 Å². The van der Waals surface area contributed by atoms with Crippen molar-refractivity contribution < 1.29 is 14.3 Å². The number of aryl methyl sites for hydroxylation is 1. The topological polar surface area (TPSA) is 59.2 Å². The van der Waals surface area contributed by atoms with Gasteiger partial charge in [0.15, 0.2) is 6.10 Å². The Bertz CT molecular complexity index is 890. The summed E-state index contributed by atoms with van der Waals surface area (Å²) in [5, 5.41) is 0.901. The van der Waals surface area contributed by atoms with Crippen molar-refractivity contribution >= 4 is 22.7 Å². The van der Waals surface area contributed by atoms with Crippen LogP contribution in [-0.2, 0) is 9.53 Å². The molecule has 2 aromatic rings. The van der Waals surface area contributed by atoms with Crippen molar-refractivity contribution in [1.82, 2.24) is 4.98 Å².